The Kier molecular flexibility index (Phi) is 5.50. The van der Waals surface area contributed by atoms with E-state index in [1.165, 1.54) is 37.5 Å². The highest BCUT2D eigenvalue weighted by molar-refractivity contribution is 7.80. The summed E-state index contributed by atoms with van der Waals surface area (Å²) in [5.41, 5.74) is 5.03. The second kappa shape index (κ2) is 7.36. The minimum Gasteiger partial charge on any atom is -0.358 e. The summed E-state index contributed by atoms with van der Waals surface area (Å²) in [6.45, 7) is 2.19. The van der Waals surface area contributed by atoms with E-state index in [0.29, 0.717) is 17.1 Å². The molecule has 0 spiro atoms. The zero-order valence-electron chi connectivity index (χ0n) is 12.0. The first-order valence-corrected chi connectivity index (χ1v) is 7.60. The van der Waals surface area contributed by atoms with Crippen molar-refractivity contribution < 1.29 is 9.18 Å². The van der Waals surface area contributed by atoms with Crippen LogP contribution in [0.25, 0.3) is 0 Å². The molecular formula is C15H20FN3OS. The van der Waals surface area contributed by atoms with Crippen molar-refractivity contribution in [2.75, 3.05) is 0 Å². The van der Waals surface area contributed by atoms with E-state index in [1.54, 1.807) is 6.07 Å². The van der Waals surface area contributed by atoms with Gasteiger partial charge in [0.25, 0.3) is 5.91 Å². The van der Waals surface area contributed by atoms with Gasteiger partial charge in [-0.15, -0.1) is 0 Å². The molecule has 6 heteroatoms. The molecule has 0 bridgehead atoms. The van der Waals surface area contributed by atoms with Crippen LogP contribution in [0.3, 0.4) is 0 Å². The van der Waals surface area contributed by atoms with Gasteiger partial charge in [-0.25, -0.2) is 4.39 Å². The lowest BCUT2D eigenvalue weighted by Crippen LogP contribution is -2.51. The molecule has 1 amide bonds. The lowest BCUT2D eigenvalue weighted by atomic mass is 9.86. The van der Waals surface area contributed by atoms with E-state index in [0.717, 1.165) is 6.42 Å². The van der Waals surface area contributed by atoms with Gasteiger partial charge in [-0.3, -0.25) is 15.6 Å². The van der Waals surface area contributed by atoms with Crippen LogP contribution in [0, 0.1) is 11.7 Å². The molecule has 0 aromatic heterocycles. The SMILES string of the molecule is C[C@@H]1CCCC[C@H]1NC(=S)NNC(=O)c1ccccc1F. The van der Waals surface area contributed by atoms with Crippen LogP contribution >= 0.6 is 12.2 Å². The summed E-state index contributed by atoms with van der Waals surface area (Å²) in [6.07, 6.45) is 4.70. The van der Waals surface area contributed by atoms with Crippen molar-refractivity contribution in [2.24, 2.45) is 5.92 Å². The first-order chi connectivity index (χ1) is 10.1. The average molecular weight is 309 g/mol. The Labute approximate surface area is 129 Å². The lowest BCUT2D eigenvalue weighted by Gasteiger charge is -2.30. The highest BCUT2D eigenvalue weighted by Gasteiger charge is 2.21. The first kappa shape index (κ1) is 15.7. The van der Waals surface area contributed by atoms with Gasteiger partial charge < -0.3 is 5.32 Å². The van der Waals surface area contributed by atoms with Crippen LogP contribution in [0.5, 0.6) is 0 Å². The monoisotopic (exact) mass is 309 g/mol. The standard InChI is InChI=1S/C15H20FN3OS/c1-10-6-2-5-9-13(10)17-15(21)19-18-14(20)11-7-3-4-8-12(11)16/h3-4,7-8,10,13H,2,5-6,9H2,1H3,(H,18,20)(H2,17,19,21)/t10-,13-/m1/s1. The Bertz CT molecular complexity index is 523. The number of thiocarbonyl (C=S) groups is 1. The molecule has 0 saturated heterocycles. The molecule has 114 valence electrons. The predicted octanol–water partition coefficient (Wildman–Crippen LogP) is 2.51. The topological polar surface area (TPSA) is 53.2 Å². The summed E-state index contributed by atoms with van der Waals surface area (Å²) in [5.74, 6) is -0.550. The maximum atomic E-state index is 13.5. The zero-order chi connectivity index (χ0) is 15.2. The van der Waals surface area contributed by atoms with Crippen LogP contribution in [0.4, 0.5) is 4.39 Å². The number of hydrogen-bond acceptors (Lipinski definition) is 2. The third-order valence-corrected chi connectivity index (χ3v) is 4.06. The summed E-state index contributed by atoms with van der Waals surface area (Å²) >= 11 is 5.16. The molecule has 21 heavy (non-hydrogen) atoms. The average Bonchev–Trinajstić information content (AvgIpc) is 2.48. The van der Waals surface area contributed by atoms with Crippen molar-refractivity contribution in [3.63, 3.8) is 0 Å². The van der Waals surface area contributed by atoms with Crippen molar-refractivity contribution in [1.29, 1.82) is 0 Å². The summed E-state index contributed by atoms with van der Waals surface area (Å²) in [5, 5.41) is 3.56. The molecule has 1 aromatic rings. The summed E-state index contributed by atoms with van der Waals surface area (Å²) in [6, 6.07) is 6.14. The molecule has 1 saturated carbocycles. The van der Waals surface area contributed by atoms with Crippen molar-refractivity contribution in [1.82, 2.24) is 16.2 Å². The Morgan fingerprint density at radius 1 is 1.24 bits per heavy atom. The molecule has 1 aromatic carbocycles. The molecular weight excluding hydrogens is 289 g/mol. The Morgan fingerprint density at radius 2 is 1.95 bits per heavy atom. The number of hydrogen-bond donors (Lipinski definition) is 3. The molecule has 3 N–H and O–H groups in total. The normalized spacial score (nSPS) is 21.4. The van der Waals surface area contributed by atoms with E-state index in [2.05, 4.69) is 23.1 Å². The van der Waals surface area contributed by atoms with Gasteiger partial charge in [-0.05, 0) is 43.1 Å². The van der Waals surface area contributed by atoms with Crippen molar-refractivity contribution in [2.45, 2.75) is 38.6 Å². The molecule has 0 heterocycles. The zero-order valence-corrected chi connectivity index (χ0v) is 12.8. The van der Waals surface area contributed by atoms with E-state index < -0.39 is 11.7 Å². The largest absolute Gasteiger partial charge is 0.358 e. The van der Waals surface area contributed by atoms with Gasteiger partial charge in [0.05, 0.1) is 5.56 Å². The van der Waals surface area contributed by atoms with Gasteiger partial charge in [0.15, 0.2) is 5.11 Å². The fraction of sp³-hybridized carbons (Fsp3) is 0.467. The van der Waals surface area contributed by atoms with Crippen molar-refractivity contribution in [3.05, 3.63) is 35.6 Å². The molecule has 0 unspecified atom stereocenters. The van der Waals surface area contributed by atoms with E-state index in [4.69, 9.17) is 12.2 Å². The smallest absolute Gasteiger partial charge is 0.272 e. The van der Waals surface area contributed by atoms with Crippen molar-refractivity contribution in [3.8, 4) is 0 Å². The molecule has 1 fully saturated rings. The van der Waals surface area contributed by atoms with E-state index in [1.807, 2.05) is 0 Å². The highest BCUT2D eigenvalue weighted by Crippen LogP contribution is 2.23. The summed E-state index contributed by atoms with van der Waals surface area (Å²) in [7, 11) is 0. The lowest BCUT2D eigenvalue weighted by molar-refractivity contribution is 0.0939. The second-order valence-electron chi connectivity index (χ2n) is 5.40. The van der Waals surface area contributed by atoms with Crippen LogP contribution in [0.2, 0.25) is 0 Å². The van der Waals surface area contributed by atoms with Gasteiger partial charge in [-0.1, -0.05) is 31.9 Å². The van der Waals surface area contributed by atoms with Crippen LogP contribution < -0.4 is 16.2 Å². The quantitative estimate of drug-likeness (QED) is 0.580. The molecule has 1 aliphatic carbocycles. The number of halogens is 1. The predicted molar refractivity (Wildman–Crippen MR) is 84.2 cm³/mol. The van der Waals surface area contributed by atoms with Crippen LogP contribution in [0.1, 0.15) is 43.0 Å². The van der Waals surface area contributed by atoms with Crippen molar-refractivity contribution >= 4 is 23.2 Å². The van der Waals surface area contributed by atoms with E-state index >= 15 is 0 Å². The number of hydrazine groups is 1. The summed E-state index contributed by atoms with van der Waals surface area (Å²) in [4.78, 5) is 11.8. The minimum atomic E-state index is -0.559. The van der Waals surface area contributed by atoms with Gasteiger partial charge in [0.1, 0.15) is 5.82 Å². The number of benzene rings is 1. The summed E-state index contributed by atoms with van der Waals surface area (Å²) < 4.78 is 13.5. The third-order valence-electron chi connectivity index (χ3n) is 3.84. The molecule has 1 aliphatic rings. The molecule has 0 aliphatic heterocycles. The minimum absolute atomic E-state index is 0.0150. The first-order valence-electron chi connectivity index (χ1n) is 7.19. The van der Waals surface area contributed by atoms with E-state index in [9.17, 15) is 9.18 Å². The number of nitrogens with one attached hydrogen (secondary N) is 3. The van der Waals surface area contributed by atoms with Gasteiger partial charge >= 0.3 is 0 Å². The third kappa shape index (κ3) is 4.39. The maximum absolute atomic E-state index is 13.5. The Morgan fingerprint density at radius 3 is 2.67 bits per heavy atom. The van der Waals surface area contributed by atoms with Crippen LogP contribution in [0.15, 0.2) is 24.3 Å². The molecule has 4 nitrogen and oxygen atoms in total. The van der Waals surface area contributed by atoms with Crippen LogP contribution in [-0.4, -0.2) is 17.1 Å². The second-order valence-corrected chi connectivity index (χ2v) is 5.81. The van der Waals surface area contributed by atoms with Gasteiger partial charge in [-0.2, -0.15) is 0 Å². The maximum Gasteiger partial charge on any atom is 0.272 e. The number of carbonyl (C=O) groups is 1. The molecule has 2 rings (SSSR count). The number of amides is 1. The fourth-order valence-corrected chi connectivity index (χ4v) is 2.76. The molecule has 2 atom stereocenters. The Hall–Kier alpha value is -1.69. The highest BCUT2D eigenvalue weighted by atomic mass is 32.1. The molecule has 0 radical (unpaired) electrons. The van der Waals surface area contributed by atoms with Crippen LogP contribution in [-0.2, 0) is 0 Å². The number of carbonyl (C=O) groups excluding carboxylic acids is 1. The number of rotatable bonds is 2. The fourth-order valence-electron chi connectivity index (χ4n) is 2.56. The Balaban J connectivity index is 1.81. The van der Waals surface area contributed by atoms with Gasteiger partial charge in [0.2, 0.25) is 0 Å². The van der Waals surface area contributed by atoms with E-state index in [-0.39, 0.29) is 5.56 Å². The van der Waals surface area contributed by atoms with Gasteiger partial charge in [0, 0.05) is 6.04 Å².